The lowest BCUT2D eigenvalue weighted by atomic mass is 9.85. The molecule has 1 fully saturated rings. The maximum Gasteiger partial charge on any atom is 0.246 e. The van der Waals surface area contributed by atoms with E-state index in [1.165, 1.54) is 28.6 Å². The second-order valence-corrected chi connectivity index (χ2v) is 16.1. The highest BCUT2D eigenvalue weighted by atomic mass is 127. The van der Waals surface area contributed by atoms with Gasteiger partial charge >= 0.3 is 0 Å². The first-order chi connectivity index (χ1) is 24.5. The minimum atomic E-state index is -0.840. The van der Waals surface area contributed by atoms with Crippen LogP contribution in [0.3, 0.4) is 0 Å². The molecule has 0 unspecified atom stereocenters. The predicted octanol–water partition coefficient (Wildman–Crippen LogP) is 5.83. The van der Waals surface area contributed by atoms with Gasteiger partial charge in [0.1, 0.15) is 12.1 Å². The molecule has 0 radical (unpaired) electrons. The number of aliphatic hydroxyl groups excluding tert-OH is 1. The molecular weight excluding hydrogens is 783 g/mol. The number of nitrogens with one attached hydrogen (secondary N) is 2. The van der Waals surface area contributed by atoms with Crippen LogP contribution in [0.25, 0.3) is 10.4 Å². The number of ether oxygens (including phenoxy) is 3. The van der Waals surface area contributed by atoms with Crippen molar-refractivity contribution >= 4 is 51.6 Å². The van der Waals surface area contributed by atoms with E-state index >= 15 is 0 Å². The van der Waals surface area contributed by atoms with E-state index in [1.54, 1.807) is 11.3 Å². The zero-order chi connectivity index (χ0) is 37.1. The van der Waals surface area contributed by atoms with Gasteiger partial charge in [0, 0.05) is 39.1 Å². The monoisotopic (exact) mass is 842 g/mol. The van der Waals surface area contributed by atoms with E-state index in [2.05, 4.69) is 38.2 Å². The van der Waals surface area contributed by atoms with Crippen LogP contribution < -0.4 is 10.6 Å². The molecule has 13 heteroatoms. The number of halogens is 1. The Morgan fingerprint density at radius 1 is 0.941 bits per heavy atom. The first-order valence-corrected chi connectivity index (χ1v) is 20.8. The number of aromatic nitrogens is 1. The Morgan fingerprint density at radius 2 is 1.55 bits per heavy atom. The standard InChI is InChI=1S/C38H59IN4O7S/c1-28-34(51-27-41-28)30-15-13-29(14-16-30)25-40-36(46)32-24-31(44)26-43(32)37(47)35(38(2,3)4)42-33(45)12-8-7-11-19-49-21-23-50-22-20-48-18-10-6-5-9-17-39/h13-16,27,31-32,35,44H,5-12,17-26H2,1-4H3,(H,40,46)(H,42,45)/t31-,32+,35-/m1/s1. The fraction of sp³-hybridized carbons (Fsp3) is 0.684. The molecule has 3 amide bonds. The number of benzene rings is 1. The Kier molecular flexibility index (Phi) is 19.9. The number of likely N-dealkylation sites (tertiary alicyclic amines) is 1. The molecular formula is C38H59IN4O7S. The number of amides is 3. The number of hydrogen-bond donors (Lipinski definition) is 3. The van der Waals surface area contributed by atoms with E-state index in [4.69, 9.17) is 14.2 Å². The molecule has 3 N–H and O–H groups in total. The van der Waals surface area contributed by atoms with Gasteiger partial charge in [-0.05, 0) is 53.6 Å². The van der Waals surface area contributed by atoms with Crippen molar-refractivity contribution in [2.24, 2.45) is 5.41 Å². The van der Waals surface area contributed by atoms with Crippen molar-refractivity contribution in [2.75, 3.05) is 50.6 Å². The summed E-state index contributed by atoms with van der Waals surface area (Å²) >= 11 is 4.00. The fourth-order valence-corrected chi connectivity index (χ4v) is 7.23. The third kappa shape index (κ3) is 15.8. The van der Waals surface area contributed by atoms with Crippen molar-refractivity contribution in [3.63, 3.8) is 0 Å². The van der Waals surface area contributed by atoms with Crippen LogP contribution in [0.15, 0.2) is 29.8 Å². The van der Waals surface area contributed by atoms with Gasteiger partial charge in [-0.3, -0.25) is 14.4 Å². The second-order valence-electron chi connectivity index (χ2n) is 14.2. The molecule has 286 valence electrons. The van der Waals surface area contributed by atoms with Crippen LogP contribution >= 0.6 is 33.9 Å². The number of carbonyl (C=O) groups excluding carboxylic acids is 3. The SMILES string of the molecule is Cc1ncsc1-c1ccc(CNC(=O)[C@@H]2C[C@@H](O)CN2C(=O)[C@@H](NC(=O)CCCCCOCCOCCOCCCCCCI)C(C)(C)C)cc1. The number of rotatable bonds is 24. The summed E-state index contributed by atoms with van der Waals surface area (Å²) in [6.45, 7) is 11.6. The summed E-state index contributed by atoms with van der Waals surface area (Å²) in [6.07, 6.45) is 6.81. The summed E-state index contributed by atoms with van der Waals surface area (Å²) in [4.78, 5) is 47.0. The van der Waals surface area contributed by atoms with Crippen LogP contribution in [0.2, 0.25) is 0 Å². The maximum absolute atomic E-state index is 13.9. The van der Waals surface area contributed by atoms with Gasteiger partial charge in [-0.25, -0.2) is 4.98 Å². The van der Waals surface area contributed by atoms with E-state index in [1.807, 2.05) is 57.5 Å². The maximum atomic E-state index is 13.9. The van der Waals surface area contributed by atoms with Gasteiger partial charge in [0.2, 0.25) is 17.7 Å². The van der Waals surface area contributed by atoms with Crippen LogP contribution in [-0.4, -0.2) is 102 Å². The second kappa shape index (κ2) is 23.5. The Bertz CT molecular complexity index is 1320. The number of thiazole rings is 1. The summed E-state index contributed by atoms with van der Waals surface area (Å²) in [5.41, 5.74) is 4.20. The number of unbranched alkanes of at least 4 members (excludes halogenated alkanes) is 5. The molecule has 0 aliphatic carbocycles. The first kappa shape index (κ1) is 43.2. The van der Waals surface area contributed by atoms with Crippen LogP contribution in [0.4, 0.5) is 0 Å². The van der Waals surface area contributed by atoms with Crippen molar-refractivity contribution in [3.05, 3.63) is 41.0 Å². The highest BCUT2D eigenvalue weighted by Crippen LogP contribution is 2.28. The van der Waals surface area contributed by atoms with Gasteiger partial charge in [0.15, 0.2) is 0 Å². The van der Waals surface area contributed by atoms with E-state index < -0.39 is 23.6 Å². The lowest BCUT2D eigenvalue weighted by molar-refractivity contribution is -0.144. The average molecular weight is 843 g/mol. The summed E-state index contributed by atoms with van der Waals surface area (Å²) in [5.74, 6) is -0.897. The minimum absolute atomic E-state index is 0.0418. The Morgan fingerprint density at radius 3 is 2.14 bits per heavy atom. The fourth-order valence-electron chi connectivity index (χ4n) is 5.87. The molecule has 3 rings (SSSR count). The topological polar surface area (TPSA) is 139 Å². The molecule has 1 aliphatic heterocycles. The molecule has 3 atom stereocenters. The normalized spacial score (nSPS) is 16.7. The zero-order valence-electron chi connectivity index (χ0n) is 30.9. The van der Waals surface area contributed by atoms with Gasteiger partial charge in [-0.2, -0.15) is 0 Å². The van der Waals surface area contributed by atoms with Gasteiger partial charge in [0.05, 0.1) is 48.6 Å². The summed E-state index contributed by atoms with van der Waals surface area (Å²) < 4.78 is 18.0. The Labute approximate surface area is 322 Å². The highest BCUT2D eigenvalue weighted by molar-refractivity contribution is 14.1. The van der Waals surface area contributed by atoms with E-state index in [0.717, 1.165) is 47.6 Å². The molecule has 2 aromatic rings. The number of carbonyl (C=O) groups is 3. The van der Waals surface area contributed by atoms with Gasteiger partial charge < -0.3 is 34.9 Å². The molecule has 0 saturated carbocycles. The van der Waals surface area contributed by atoms with E-state index in [0.29, 0.717) is 46.0 Å². The molecule has 2 heterocycles. The number of aryl methyl sites for hydroxylation is 1. The predicted molar refractivity (Wildman–Crippen MR) is 210 cm³/mol. The zero-order valence-corrected chi connectivity index (χ0v) is 33.9. The first-order valence-electron chi connectivity index (χ1n) is 18.4. The smallest absolute Gasteiger partial charge is 0.246 e. The summed E-state index contributed by atoms with van der Waals surface area (Å²) in [6, 6.07) is 6.28. The van der Waals surface area contributed by atoms with Crippen LogP contribution in [-0.2, 0) is 35.1 Å². The van der Waals surface area contributed by atoms with Gasteiger partial charge in [0.25, 0.3) is 0 Å². The Hall–Kier alpha value is -2.17. The highest BCUT2D eigenvalue weighted by Gasteiger charge is 2.44. The molecule has 1 aromatic heterocycles. The van der Waals surface area contributed by atoms with Crippen molar-refractivity contribution in [1.82, 2.24) is 20.5 Å². The van der Waals surface area contributed by atoms with Crippen molar-refractivity contribution in [2.45, 2.75) is 110 Å². The van der Waals surface area contributed by atoms with Crippen LogP contribution in [0.1, 0.15) is 89.8 Å². The molecule has 1 saturated heterocycles. The summed E-state index contributed by atoms with van der Waals surface area (Å²) in [7, 11) is 0. The molecule has 0 spiro atoms. The Balaban J connectivity index is 1.34. The molecule has 51 heavy (non-hydrogen) atoms. The number of alkyl halides is 1. The van der Waals surface area contributed by atoms with Crippen LogP contribution in [0.5, 0.6) is 0 Å². The van der Waals surface area contributed by atoms with Crippen molar-refractivity contribution < 1.29 is 33.7 Å². The van der Waals surface area contributed by atoms with Gasteiger partial charge in [-0.15, -0.1) is 11.3 Å². The van der Waals surface area contributed by atoms with Gasteiger partial charge in [-0.1, -0.05) is 86.9 Å². The number of nitrogens with zero attached hydrogens (tertiary/aromatic N) is 2. The number of β-amino-alcohol motifs (C(OH)–C–C–N with tert-alkyl or cyclic N) is 1. The van der Waals surface area contributed by atoms with Crippen LogP contribution in [0, 0.1) is 12.3 Å². The number of aliphatic hydroxyl groups is 1. The molecule has 11 nitrogen and oxygen atoms in total. The molecule has 1 aromatic carbocycles. The molecule has 1 aliphatic rings. The minimum Gasteiger partial charge on any atom is -0.391 e. The number of hydrogen-bond acceptors (Lipinski definition) is 9. The van der Waals surface area contributed by atoms with E-state index in [9.17, 15) is 19.5 Å². The lowest BCUT2D eigenvalue weighted by Crippen LogP contribution is -2.57. The van der Waals surface area contributed by atoms with Crippen molar-refractivity contribution in [1.29, 1.82) is 0 Å². The summed E-state index contributed by atoms with van der Waals surface area (Å²) in [5, 5.41) is 16.4. The third-order valence-electron chi connectivity index (χ3n) is 8.82. The van der Waals surface area contributed by atoms with Crippen molar-refractivity contribution in [3.8, 4) is 10.4 Å². The lowest BCUT2D eigenvalue weighted by Gasteiger charge is -2.35. The van der Waals surface area contributed by atoms with E-state index in [-0.39, 0.29) is 37.1 Å². The average Bonchev–Trinajstić information content (AvgIpc) is 3.72. The molecule has 0 bridgehead atoms. The quantitative estimate of drug-likeness (QED) is 0.0682. The largest absolute Gasteiger partial charge is 0.391 e. The third-order valence-corrected chi connectivity index (χ3v) is 10.6.